The van der Waals surface area contributed by atoms with Crippen molar-refractivity contribution in [3.05, 3.63) is 42.5 Å². The molecule has 0 spiro atoms. The van der Waals surface area contributed by atoms with Crippen LogP contribution in [-0.4, -0.2) is 25.4 Å². The predicted octanol–water partition coefficient (Wildman–Crippen LogP) is -0.180. The summed E-state index contributed by atoms with van der Waals surface area (Å²) in [5.41, 5.74) is 6.12. The Bertz CT molecular complexity index is 464. The lowest BCUT2D eigenvalue weighted by molar-refractivity contribution is 0.0996. The largest absolute Gasteiger partial charge is 0.364 e. The van der Waals surface area contributed by atoms with E-state index in [1.165, 1.54) is 6.33 Å². The average Bonchev–Trinajstić information content (AvgIpc) is 2.68. The van der Waals surface area contributed by atoms with Gasteiger partial charge in [-0.1, -0.05) is 0 Å². The quantitative estimate of drug-likeness (QED) is 0.749. The molecule has 0 radical (unpaired) electrons. The van der Waals surface area contributed by atoms with Crippen molar-refractivity contribution >= 4 is 5.91 Å². The molecule has 0 fully saturated rings. The number of hydrogen-bond donors (Lipinski definition) is 1. The lowest BCUT2D eigenvalue weighted by Crippen LogP contribution is -2.11. The SMILES string of the molecule is NC(=O)c1cn(Cc2cnccn2)cn1. The third-order valence-electron chi connectivity index (χ3n) is 1.85. The smallest absolute Gasteiger partial charge is 0.268 e. The number of carbonyl (C=O) groups excluding carboxylic acids is 1. The van der Waals surface area contributed by atoms with Crippen LogP contribution in [0.1, 0.15) is 16.2 Å². The van der Waals surface area contributed by atoms with Gasteiger partial charge in [0.05, 0.1) is 24.8 Å². The van der Waals surface area contributed by atoms with E-state index in [1.807, 2.05) is 0 Å². The molecule has 76 valence electrons. The summed E-state index contributed by atoms with van der Waals surface area (Å²) in [4.78, 5) is 22.7. The van der Waals surface area contributed by atoms with Gasteiger partial charge in [0, 0.05) is 18.6 Å². The minimum Gasteiger partial charge on any atom is -0.364 e. The van der Waals surface area contributed by atoms with Crippen molar-refractivity contribution in [1.29, 1.82) is 0 Å². The molecule has 0 aliphatic rings. The number of rotatable bonds is 3. The first-order valence-electron chi connectivity index (χ1n) is 4.32. The highest BCUT2D eigenvalue weighted by molar-refractivity contribution is 5.90. The maximum absolute atomic E-state index is 10.8. The Balaban J connectivity index is 2.15. The molecule has 2 N–H and O–H groups in total. The Kier molecular flexibility index (Phi) is 2.40. The van der Waals surface area contributed by atoms with Crippen LogP contribution in [0.5, 0.6) is 0 Å². The normalized spacial score (nSPS) is 10.1. The Hall–Kier alpha value is -2.24. The first-order chi connectivity index (χ1) is 7.25. The lowest BCUT2D eigenvalue weighted by atomic mass is 10.4. The van der Waals surface area contributed by atoms with Gasteiger partial charge < -0.3 is 10.3 Å². The summed E-state index contributed by atoms with van der Waals surface area (Å²) >= 11 is 0. The summed E-state index contributed by atoms with van der Waals surface area (Å²) in [6.07, 6.45) is 7.99. The number of hydrogen-bond acceptors (Lipinski definition) is 4. The fraction of sp³-hybridized carbons (Fsp3) is 0.111. The Morgan fingerprint density at radius 3 is 2.87 bits per heavy atom. The zero-order valence-electron chi connectivity index (χ0n) is 7.87. The Morgan fingerprint density at radius 1 is 1.40 bits per heavy atom. The summed E-state index contributed by atoms with van der Waals surface area (Å²) in [6.45, 7) is 0.522. The molecule has 0 aliphatic carbocycles. The summed E-state index contributed by atoms with van der Waals surface area (Å²) in [7, 11) is 0. The highest BCUT2D eigenvalue weighted by atomic mass is 16.1. The van der Waals surface area contributed by atoms with Crippen LogP contribution in [0.15, 0.2) is 31.1 Å². The lowest BCUT2D eigenvalue weighted by Gasteiger charge is -1.99. The fourth-order valence-corrected chi connectivity index (χ4v) is 1.17. The van der Waals surface area contributed by atoms with E-state index in [2.05, 4.69) is 15.0 Å². The number of nitrogens with two attached hydrogens (primary N) is 1. The first kappa shape index (κ1) is 9.32. The van der Waals surface area contributed by atoms with Gasteiger partial charge in [0.15, 0.2) is 0 Å². The van der Waals surface area contributed by atoms with Crippen molar-refractivity contribution in [2.24, 2.45) is 5.73 Å². The van der Waals surface area contributed by atoms with Gasteiger partial charge in [-0.05, 0) is 0 Å². The number of carbonyl (C=O) groups is 1. The first-order valence-corrected chi connectivity index (χ1v) is 4.32. The molecule has 0 aliphatic heterocycles. The van der Waals surface area contributed by atoms with Crippen molar-refractivity contribution in [2.75, 3.05) is 0 Å². The van der Waals surface area contributed by atoms with Gasteiger partial charge in [-0.15, -0.1) is 0 Å². The van der Waals surface area contributed by atoms with Gasteiger partial charge in [0.25, 0.3) is 5.91 Å². The summed E-state index contributed by atoms with van der Waals surface area (Å²) in [5.74, 6) is -0.534. The molecule has 6 nitrogen and oxygen atoms in total. The van der Waals surface area contributed by atoms with Crippen LogP contribution in [0, 0.1) is 0 Å². The van der Waals surface area contributed by atoms with E-state index in [9.17, 15) is 4.79 Å². The van der Waals surface area contributed by atoms with Crippen LogP contribution in [0.25, 0.3) is 0 Å². The molecule has 0 saturated heterocycles. The zero-order valence-corrected chi connectivity index (χ0v) is 7.87. The molecule has 0 saturated carbocycles. The molecule has 0 atom stereocenters. The molecule has 6 heteroatoms. The molecule has 0 aromatic carbocycles. The third-order valence-corrected chi connectivity index (χ3v) is 1.85. The summed E-state index contributed by atoms with van der Waals surface area (Å²) in [6, 6.07) is 0. The number of nitrogens with zero attached hydrogens (tertiary/aromatic N) is 4. The highest BCUT2D eigenvalue weighted by Gasteiger charge is 2.04. The van der Waals surface area contributed by atoms with E-state index >= 15 is 0 Å². The second-order valence-corrected chi connectivity index (χ2v) is 2.99. The standard InChI is InChI=1S/C9H9N5O/c10-9(15)8-5-14(6-13-8)4-7-3-11-1-2-12-7/h1-3,5-6H,4H2,(H2,10,15). The van der Waals surface area contributed by atoms with Gasteiger partial charge in [0.1, 0.15) is 5.69 Å². The highest BCUT2D eigenvalue weighted by Crippen LogP contribution is 1.99. The second-order valence-electron chi connectivity index (χ2n) is 2.99. The Labute approximate surface area is 85.8 Å². The second kappa shape index (κ2) is 3.87. The average molecular weight is 203 g/mol. The topological polar surface area (TPSA) is 86.7 Å². The molecule has 2 aromatic heterocycles. The number of primary amides is 1. The third kappa shape index (κ3) is 2.16. The van der Waals surface area contributed by atoms with E-state index in [0.29, 0.717) is 6.54 Å². The summed E-state index contributed by atoms with van der Waals surface area (Å²) in [5, 5.41) is 0. The number of amides is 1. The predicted molar refractivity (Wildman–Crippen MR) is 51.9 cm³/mol. The molecule has 1 amide bonds. The number of imidazole rings is 1. The molecule has 2 aromatic rings. The van der Waals surface area contributed by atoms with E-state index in [4.69, 9.17) is 5.73 Å². The van der Waals surface area contributed by atoms with Gasteiger partial charge in [0.2, 0.25) is 0 Å². The van der Waals surface area contributed by atoms with Crippen LogP contribution in [0.3, 0.4) is 0 Å². The van der Waals surface area contributed by atoms with Crippen LogP contribution in [0.2, 0.25) is 0 Å². The van der Waals surface area contributed by atoms with Gasteiger partial charge in [-0.25, -0.2) is 4.98 Å². The summed E-state index contributed by atoms with van der Waals surface area (Å²) < 4.78 is 1.73. The molecule has 2 rings (SSSR count). The van der Waals surface area contributed by atoms with Crippen molar-refractivity contribution in [1.82, 2.24) is 19.5 Å². The van der Waals surface area contributed by atoms with Crippen molar-refractivity contribution < 1.29 is 4.79 Å². The molecule has 2 heterocycles. The van der Waals surface area contributed by atoms with E-state index in [0.717, 1.165) is 5.69 Å². The molecular weight excluding hydrogens is 194 g/mol. The van der Waals surface area contributed by atoms with Crippen LogP contribution < -0.4 is 5.73 Å². The van der Waals surface area contributed by atoms with Crippen LogP contribution in [0.4, 0.5) is 0 Å². The molecule has 0 bridgehead atoms. The van der Waals surface area contributed by atoms with Crippen molar-refractivity contribution in [2.45, 2.75) is 6.54 Å². The molecule has 15 heavy (non-hydrogen) atoms. The minimum atomic E-state index is -0.534. The van der Waals surface area contributed by atoms with Crippen LogP contribution in [-0.2, 0) is 6.54 Å². The zero-order chi connectivity index (χ0) is 10.7. The Morgan fingerprint density at radius 2 is 2.27 bits per heavy atom. The molecule has 0 unspecified atom stereocenters. The maximum atomic E-state index is 10.8. The van der Waals surface area contributed by atoms with Gasteiger partial charge in [-0.2, -0.15) is 0 Å². The monoisotopic (exact) mass is 203 g/mol. The van der Waals surface area contributed by atoms with Crippen LogP contribution >= 0.6 is 0 Å². The molecular formula is C9H9N5O. The van der Waals surface area contributed by atoms with E-state index in [-0.39, 0.29) is 5.69 Å². The minimum absolute atomic E-state index is 0.249. The number of aromatic nitrogens is 4. The van der Waals surface area contributed by atoms with Gasteiger partial charge in [-0.3, -0.25) is 14.8 Å². The van der Waals surface area contributed by atoms with E-state index < -0.39 is 5.91 Å². The van der Waals surface area contributed by atoms with Crippen molar-refractivity contribution in [3.63, 3.8) is 0 Å². The van der Waals surface area contributed by atoms with E-state index in [1.54, 1.807) is 29.4 Å². The maximum Gasteiger partial charge on any atom is 0.268 e. The van der Waals surface area contributed by atoms with Gasteiger partial charge >= 0.3 is 0 Å². The fourth-order valence-electron chi connectivity index (χ4n) is 1.17. The van der Waals surface area contributed by atoms with Crippen molar-refractivity contribution in [3.8, 4) is 0 Å².